The second kappa shape index (κ2) is 4.84. The molecule has 4 heteroatoms. The number of hydrogen-bond donors (Lipinski definition) is 1. The van der Waals surface area contributed by atoms with Crippen LogP contribution in [0, 0.1) is 12.8 Å². The molecule has 92 valence electrons. The summed E-state index contributed by atoms with van der Waals surface area (Å²) in [4.78, 5) is 18.3. The molecule has 1 aromatic rings. The zero-order valence-corrected chi connectivity index (χ0v) is 10.4. The Morgan fingerprint density at radius 1 is 1.65 bits per heavy atom. The van der Waals surface area contributed by atoms with E-state index in [1.54, 1.807) is 6.20 Å². The lowest BCUT2D eigenvalue weighted by Crippen LogP contribution is -2.33. The Morgan fingerprint density at radius 2 is 2.41 bits per heavy atom. The van der Waals surface area contributed by atoms with Crippen LogP contribution in [0.25, 0.3) is 0 Å². The first-order valence-corrected chi connectivity index (χ1v) is 6.06. The summed E-state index contributed by atoms with van der Waals surface area (Å²) in [6, 6.07) is 3.91. The summed E-state index contributed by atoms with van der Waals surface area (Å²) in [6.45, 7) is 5.47. The fourth-order valence-electron chi connectivity index (χ4n) is 2.26. The number of pyridine rings is 1. The van der Waals surface area contributed by atoms with E-state index in [1.807, 2.05) is 30.9 Å². The van der Waals surface area contributed by atoms with Crippen LogP contribution in [0.5, 0.6) is 0 Å². The maximum Gasteiger partial charge on any atom is 0.272 e. The number of likely N-dealkylation sites (tertiary alicyclic amines) is 1. The fraction of sp³-hybridized carbons (Fsp3) is 0.538. The molecule has 4 nitrogen and oxygen atoms in total. The topological polar surface area (TPSA) is 59.2 Å². The van der Waals surface area contributed by atoms with Gasteiger partial charge in [-0.15, -0.1) is 0 Å². The van der Waals surface area contributed by atoms with Crippen LogP contribution in [-0.2, 0) is 0 Å². The van der Waals surface area contributed by atoms with Crippen molar-refractivity contribution in [2.24, 2.45) is 11.7 Å². The Bertz CT molecular complexity index is 417. The van der Waals surface area contributed by atoms with E-state index in [-0.39, 0.29) is 11.9 Å². The van der Waals surface area contributed by atoms with Gasteiger partial charge in [0.2, 0.25) is 0 Å². The molecule has 1 saturated heterocycles. The first kappa shape index (κ1) is 12.0. The van der Waals surface area contributed by atoms with Crippen molar-refractivity contribution in [3.63, 3.8) is 0 Å². The van der Waals surface area contributed by atoms with Gasteiger partial charge in [0.15, 0.2) is 0 Å². The van der Waals surface area contributed by atoms with E-state index < -0.39 is 0 Å². The van der Waals surface area contributed by atoms with Gasteiger partial charge in [-0.1, -0.05) is 6.07 Å². The van der Waals surface area contributed by atoms with Crippen LogP contribution in [-0.4, -0.2) is 34.9 Å². The van der Waals surface area contributed by atoms with Crippen LogP contribution >= 0.6 is 0 Å². The molecule has 0 spiro atoms. The van der Waals surface area contributed by atoms with Crippen LogP contribution in [0.4, 0.5) is 0 Å². The van der Waals surface area contributed by atoms with Crippen molar-refractivity contribution in [2.45, 2.75) is 26.3 Å². The van der Waals surface area contributed by atoms with Gasteiger partial charge in [-0.3, -0.25) is 9.78 Å². The number of aryl methyl sites for hydroxylation is 1. The molecular formula is C13H19N3O. The summed E-state index contributed by atoms with van der Waals surface area (Å²) in [7, 11) is 0. The number of aromatic nitrogens is 1. The van der Waals surface area contributed by atoms with E-state index >= 15 is 0 Å². The molecule has 1 aliphatic rings. The number of rotatable bonds is 2. The van der Waals surface area contributed by atoms with Crippen LogP contribution in [0.1, 0.15) is 29.4 Å². The zero-order chi connectivity index (χ0) is 12.4. The van der Waals surface area contributed by atoms with Crippen molar-refractivity contribution in [1.82, 2.24) is 9.88 Å². The standard InChI is InChI=1S/C13H19N3O/c1-9-4-3-6-15-12(9)13(17)16-7-5-11(8-16)10(2)14/h3-4,6,10-11H,5,7-8,14H2,1-2H3. The first-order chi connectivity index (χ1) is 8.09. The second-order valence-corrected chi connectivity index (χ2v) is 4.83. The van der Waals surface area contributed by atoms with Gasteiger partial charge < -0.3 is 10.6 Å². The van der Waals surface area contributed by atoms with Gasteiger partial charge in [0.25, 0.3) is 5.91 Å². The highest BCUT2D eigenvalue weighted by atomic mass is 16.2. The fourth-order valence-corrected chi connectivity index (χ4v) is 2.26. The summed E-state index contributed by atoms with van der Waals surface area (Å²) in [6.07, 6.45) is 2.66. The minimum atomic E-state index is 0.0336. The van der Waals surface area contributed by atoms with Crippen LogP contribution < -0.4 is 5.73 Å². The summed E-state index contributed by atoms with van der Waals surface area (Å²) in [5, 5.41) is 0. The molecule has 1 amide bonds. The Kier molecular flexibility index (Phi) is 3.43. The first-order valence-electron chi connectivity index (χ1n) is 6.06. The van der Waals surface area contributed by atoms with Crippen molar-refractivity contribution in [3.8, 4) is 0 Å². The minimum Gasteiger partial charge on any atom is -0.337 e. The van der Waals surface area contributed by atoms with Crippen LogP contribution in [0.3, 0.4) is 0 Å². The normalized spacial score (nSPS) is 21.6. The quantitative estimate of drug-likeness (QED) is 0.835. The van der Waals surface area contributed by atoms with Crippen molar-refractivity contribution < 1.29 is 4.79 Å². The van der Waals surface area contributed by atoms with E-state index in [2.05, 4.69) is 4.98 Å². The van der Waals surface area contributed by atoms with Crippen LogP contribution in [0.2, 0.25) is 0 Å². The maximum atomic E-state index is 12.3. The average Bonchev–Trinajstić information content (AvgIpc) is 2.78. The molecule has 0 aromatic carbocycles. The molecule has 17 heavy (non-hydrogen) atoms. The molecule has 1 aliphatic heterocycles. The smallest absolute Gasteiger partial charge is 0.272 e. The third-order valence-electron chi connectivity index (χ3n) is 3.47. The van der Waals surface area contributed by atoms with Gasteiger partial charge in [-0.2, -0.15) is 0 Å². The van der Waals surface area contributed by atoms with Crippen molar-refractivity contribution in [1.29, 1.82) is 0 Å². The number of carbonyl (C=O) groups excluding carboxylic acids is 1. The molecule has 1 fully saturated rings. The van der Waals surface area contributed by atoms with E-state index in [0.29, 0.717) is 11.6 Å². The Morgan fingerprint density at radius 3 is 3.00 bits per heavy atom. The highest BCUT2D eigenvalue weighted by Crippen LogP contribution is 2.20. The van der Waals surface area contributed by atoms with Gasteiger partial charge in [-0.25, -0.2) is 0 Å². The predicted molar refractivity (Wildman–Crippen MR) is 66.6 cm³/mol. The third kappa shape index (κ3) is 2.47. The predicted octanol–water partition coefficient (Wildman–Crippen LogP) is 1.20. The highest BCUT2D eigenvalue weighted by Gasteiger charge is 2.29. The van der Waals surface area contributed by atoms with E-state index in [0.717, 1.165) is 25.1 Å². The molecule has 2 unspecified atom stereocenters. The van der Waals surface area contributed by atoms with Gasteiger partial charge in [0.1, 0.15) is 5.69 Å². The molecule has 2 heterocycles. The Balaban J connectivity index is 2.10. The zero-order valence-electron chi connectivity index (χ0n) is 10.4. The van der Waals surface area contributed by atoms with Crippen molar-refractivity contribution >= 4 is 5.91 Å². The van der Waals surface area contributed by atoms with Crippen molar-refractivity contribution in [3.05, 3.63) is 29.6 Å². The molecule has 0 aliphatic carbocycles. The van der Waals surface area contributed by atoms with Gasteiger partial charge in [-0.05, 0) is 37.8 Å². The SMILES string of the molecule is Cc1cccnc1C(=O)N1CCC(C(C)N)C1. The molecule has 2 N–H and O–H groups in total. The Hall–Kier alpha value is -1.42. The molecular weight excluding hydrogens is 214 g/mol. The number of amides is 1. The van der Waals surface area contributed by atoms with E-state index in [1.165, 1.54) is 0 Å². The molecule has 0 radical (unpaired) electrons. The second-order valence-electron chi connectivity index (χ2n) is 4.83. The summed E-state index contributed by atoms with van der Waals surface area (Å²) in [5.74, 6) is 0.453. The molecule has 0 bridgehead atoms. The lowest BCUT2D eigenvalue weighted by molar-refractivity contribution is 0.0779. The van der Waals surface area contributed by atoms with Gasteiger partial charge in [0, 0.05) is 25.3 Å². The lowest BCUT2D eigenvalue weighted by atomic mass is 10.0. The van der Waals surface area contributed by atoms with Crippen LogP contribution in [0.15, 0.2) is 18.3 Å². The molecule has 0 saturated carbocycles. The monoisotopic (exact) mass is 233 g/mol. The third-order valence-corrected chi connectivity index (χ3v) is 3.47. The summed E-state index contributed by atoms with van der Waals surface area (Å²) < 4.78 is 0. The Labute approximate surface area is 102 Å². The van der Waals surface area contributed by atoms with Gasteiger partial charge >= 0.3 is 0 Å². The summed E-state index contributed by atoms with van der Waals surface area (Å²) in [5.41, 5.74) is 7.37. The minimum absolute atomic E-state index is 0.0336. The van der Waals surface area contributed by atoms with Crippen molar-refractivity contribution in [2.75, 3.05) is 13.1 Å². The largest absolute Gasteiger partial charge is 0.337 e. The van der Waals surface area contributed by atoms with E-state index in [4.69, 9.17) is 5.73 Å². The number of nitrogens with zero attached hydrogens (tertiary/aromatic N) is 2. The average molecular weight is 233 g/mol. The molecule has 2 atom stereocenters. The van der Waals surface area contributed by atoms with E-state index in [9.17, 15) is 4.79 Å². The lowest BCUT2D eigenvalue weighted by Gasteiger charge is -2.18. The number of hydrogen-bond acceptors (Lipinski definition) is 3. The maximum absolute atomic E-state index is 12.3. The summed E-state index contributed by atoms with van der Waals surface area (Å²) >= 11 is 0. The number of nitrogens with two attached hydrogens (primary N) is 1. The number of carbonyl (C=O) groups is 1. The van der Waals surface area contributed by atoms with Gasteiger partial charge in [0.05, 0.1) is 0 Å². The highest BCUT2D eigenvalue weighted by molar-refractivity contribution is 5.93. The molecule has 2 rings (SSSR count). The molecule has 1 aromatic heterocycles.